The molecule has 1 nitrogen and oxygen atoms in total. The molecule has 0 aromatic heterocycles. The molecular formula is C25H21N. The quantitative estimate of drug-likeness (QED) is 0.504. The Kier molecular flexibility index (Phi) is 4.37. The Morgan fingerprint density at radius 1 is 0.500 bits per heavy atom. The summed E-state index contributed by atoms with van der Waals surface area (Å²) in [6.07, 6.45) is 0. The highest BCUT2D eigenvalue weighted by Gasteiger charge is 2.27. The largest absolute Gasteiger partial charge is 0.248 e. The highest BCUT2D eigenvalue weighted by molar-refractivity contribution is 6.33. The molecule has 0 N–H and O–H groups in total. The maximum absolute atomic E-state index is 4.97. The SMILES string of the molecule is CC1=C(c2ccccc2)C(c2ccccc2)=C(C)C1=Nc1ccccc1. The summed E-state index contributed by atoms with van der Waals surface area (Å²) in [6, 6.07) is 31.4. The van der Waals surface area contributed by atoms with Gasteiger partial charge in [-0.05, 0) is 59.4 Å². The molecule has 0 heterocycles. The minimum Gasteiger partial charge on any atom is -0.248 e. The van der Waals surface area contributed by atoms with Crippen LogP contribution in [0.5, 0.6) is 0 Å². The maximum atomic E-state index is 4.97. The Balaban J connectivity index is 1.95. The van der Waals surface area contributed by atoms with E-state index in [0.717, 1.165) is 11.4 Å². The Bertz CT molecular complexity index is 944. The summed E-state index contributed by atoms with van der Waals surface area (Å²) in [4.78, 5) is 4.97. The molecule has 126 valence electrons. The van der Waals surface area contributed by atoms with Gasteiger partial charge in [0.1, 0.15) is 0 Å². The lowest BCUT2D eigenvalue weighted by Gasteiger charge is -2.11. The summed E-state index contributed by atoms with van der Waals surface area (Å²) >= 11 is 0. The van der Waals surface area contributed by atoms with E-state index in [1.54, 1.807) is 0 Å². The van der Waals surface area contributed by atoms with Crippen molar-refractivity contribution in [3.05, 3.63) is 113 Å². The number of allylic oxidation sites excluding steroid dienone is 4. The van der Waals surface area contributed by atoms with Gasteiger partial charge in [-0.1, -0.05) is 78.9 Å². The summed E-state index contributed by atoms with van der Waals surface area (Å²) in [7, 11) is 0. The third kappa shape index (κ3) is 2.93. The molecule has 0 atom stereocenters. The Hall–Kier alpha value is -3.19. The lowest BCUT2D eigenvalue weighted by atomic mass is 9.92. The van der Waals surface area contributed by atoms with Crippen molar-refractivity contribution in [2.24, 2.45) is 4.99 Å². The van der Waals surface area contributed by atoms with Crippen LogP contribution in [0.15, 0.2) is 107 Å². The Labute approximate surface area is 155 Å². The molecule has 3 aromatic rings. The van der Waals surface area contributed by atoms with Gasteiger partial charge in [-0.3, -0.25) is 0 Å². The summed E-state index contributed by atoms with van der Waals surface area (Å²) in [5.74, 6) is 0. The molecule has 0 aliphatic heterocycles. The number of hydrogen-bond acceptors (Lipinski definition) is 1. The number of benzene rings is 3. The average molecular weight is 335 g/mol. The second kappa shape index (κ2) is 6.97. The molecule has 26 heavy (non-hydrogen) atoms. The van der Waals surface area contributed by atoms with Gasteiger partial charge in [0.15, 0.2) is 0 Å². The first-order valence-corrected chi connectivity index (χ1v) is 8.93. The number of hydrogen-bond donors (Lipinski definition) is 0. The van der Waals surface area contributed by atoms with Gasteiger partial charge >= 0.3 is 0 Å². The first-order chi connectivity index (χ1) is 12.8. The van der Waals surface area contributed by atoms with E-state index >= 15 is 0 Å². The highest BCUT2D eigenvalue weighted by Crippen LogP contribution is 2.43. The van der Waals surface area contributed by atoms with Crippen LogP contribution in [-0.2, 0) is 0 Å². The van der Waals surface area contributed by atoms with E-state index in [-0.39, 0.29) is 0 Å². The Morgan fingerprint density at radius 3 is 1.31 bits per heavy atom. The van der Waals surface area contributed by atoms with E-state index in [4.69, 9.17) is 4.99 Å². The summed E-state index contributed by atoms with van der Waals surface area (Å²) in [6.45, 7) is 4.37. The first-order valence-electron chi connectivity index (χ1n) is 8.93. The van der Waals surface area contributed by atoms with E-state index in [1.165, 1.54) is 33.4 Å². The van der Waals surface area contributed by atoms with Crippen molar-refractivity contribution in [1.82, 2.24) is 0 Å². The van der Waals surface area contributed by atoms with Crippen molar-refractivity contribution in [1.29, 1.82) is 0 Å². The lowest BCUT2D eigenvalue weighted by Crippen LogP contribution is -1.97. The van der Waals surface area contributed by atoms with E-state index in [0.29, 0.717) is 0 Å². The monoisotopic (exact) mass is 335 g/mol. The lowest BCUT2D eigenvalue weighted by molar-refractivity contribution is 1.46. The highest BCUT2D eigenvalue weighted by atomic mass is 14.8. The fourth-order valence-electron chi connectivity index (χ4n) is 3.62. The third-order valence-electron chi connectivity index (χ3n) is 4.83. The zero-order valence-electron chi connectivity index (χ0n) is 15.1. The average Bonchev–Trinajstić information content (AvgIpc) is 2.95. The molecule has 1 aliphatic carbocycles. The normalized spacial score (nSPS) is 14.2. The van der Waals surface area contributed by atoms with Gasteiger partial charge in [0.2, 0.25) is 0 Å². The second-order valence-electron chi connectivity index (χ2n) is 6.53. The van der Waals surface area contributed by atoms with E-state index in [9.17, 15) is 0 Å². The molecule has 0 unspecified atom stereocenters. The van der Waals surface area contributed by atoms with E-state index in [1.807, 2.05) is 18.2 Å². The third-order valence-corrected chi connectivity index (χ3v) is 4.83. The molecule has 0 saturated heterocycles. The number of nitrogens with zero attached hydrogens (tertiary/aromatic N) is 1. The van der Waals surface area contributed by atoms with Gasteiger partial charge < -0.3 is 0 Å². The molecule has 0 fully saturated rings. The van der Waals surface area contributed by atoms with Crippen LogP contribution >= 0.6 is 0 Å². The molecule has 0 saturated carbocycles. The van der Waals surface area contributed by atoms with Crippen molar-refractivity contribution < 1.29 is 0 Å². The van der Waals surface area contributed by atoms with Crippen LogP contribution < -0.4 is 0 Å². The number of rotatable bonds is 3. The zero-order valence-corrected chi connectivity index (χ0v) is 15.1. The van der Waals surface area contributed by atoms with Crippen molar-refractivity contribution in [3.8, 4) is 0 Å². The zero-order chi connectivity index (χ0) is 17.9. The van der Waals surface area contributed by atoms with Gasteiger partial charge in [-0.2, -0.15) is 0 Å². The molecule has 1 heteroatoms. The fraction of sp³-hybridized carbons (Fsp3) is 0.0800. The van der Waals surface area contributed by atoms with Crippen LogP contribution in [0.3, 0.4) is 0 Å². The minimum absolute atomic E-state index is 0.989. The topological polar surface area (TPSA) is 12.4 Å². The fourth-order valence-corrected chi connectivity index (χ4v) is 3.62. The molecule has 4 rings (SSSR count). The molecular weight excluding hydrogens is 314 g/mol. The van der Waals surface area contributed by atoms with Gasteiger partial charge in [-0.15, -0.1) is 0 Å². The van der Waals surface area contributed by atoms with E-state index < -0.39 is 0 Å². The predicted molar refractivity (Wildman–Crippen MR) is 112 cm³/mol. The van der Waals surface area contributed by atoms with Crippen LogP contribution in [0.1, 0.15) is 25.0 Å². The standard InChI is InChI=1S/C25H21N/c1-18-23(20-12-6-3-7-13-20)24(21-14-8-4-9-15-21)19(2)25(18)26-22-16-10-5-11-17-22/h3-17H,1-2H3. The van der Waals surface area contributed by atoms with Crippen LogP contribution in [0, 0.1) is 0 Å². The van der Waals surface area contributed by atoms with Gasteiger partial charge in [0, 0.05) is 0 Å². The maximum Gasteiger partial charge on any atom is 0.0708 e. The molecule has 3 aromatic carbocycles. The summed E-state index contributed by atoms with van der Waals surface area (Å²) in [5, 5.41) is 0. The van der Waals surface area contributed by atoms with Crippen LogP contribution in [0.2, 0.25) is 0 Å². The van der Waals surface area contributed by atoms with Gasteiger partial charge in [0.05, 0.1) is 11.4 Å². The molecule has 0 amide bonds. The second-order valence-corrected chi connectivity index (χ2v) is 6.53. The molecule has 0 radical (unpaired) electrons. The molecule has 1 aliphatic rings. The van der Waals surface area contributed by atoms with Crippen LogP contribution in [0.25, 0.3) is 11.1 Å². The van der Waals surface area contributed by atoms with Crippen LogP contribution in [0.4, 0.5) is 5.69 Å². The number of para-hydroxylation sites is 1. The summed E-state index contributed by atoms with van der Waals surface area (Å²) < 4.78 is 0. The molecule has 0 spiro atoms. The molecule has 0 bridgehead atoms. The summed E-state index contributed by atoms with van der Waals surface area (Å²) in [5.41, 5.74) is 9.57. The smallest absolute Gasteiger partial charge is 0.0708 e. The van der Waals surface area contributed by atoms with Gasteiger partial charge in [-0.25, -0.2) is 4.99 Å². The van der Waals surface area contributed by atoms with Crippen molar-refractivity contribution >= 4 is 22.5 Å². The first kappa shape index (κ1) is 16.3. The minimum atomic E-state index is 0.989. The van der Waals surface area contributed by atoms with E-state index in [2.05, 4.69) is 86.6 Å². The van der Waals surface area contributed by atoms with Gasteiger partial charge in [0.25, 0.3) is 0 Å². The van der Waals surface area contributed by atoms with Crippen molar-refractivity contribution in [3.63, 3.8) is 0 Å². The Morgan fingerprint density at radius 2 is 0.885 bits per heavy atom. The number of aliphatic imine (C=N–C) groups is 1. The van der Waals surface area contributed by atoms with Crippen LogP contribution in [-0.4, -0.2) is 5.71 Å². The van der Waals surface area contributed by atoms with Crippen molar-refractivity contribution in [2.75, 3.05) is 0 Å². The van der Waals surface area contributed by atoms with Crippen molar-refractivity contribution in [2.45, 2.75) is 13.8 Å². The predicted octanol–water partition coefficient (Wildman–Crippen LogP) is 6.72.